The first-order valence-electron chi connectivity index (χ1n) is 11.2. The van der Waals surface area contributed by atoms with Crippen molar-refractivity contribution in [3.63, 3.8) is 0 Å². The molecule has 0 aliphatic carbocycles. The lowest BCUT2D eigenvalue weighted by atomic mass is 10.0. The summed E-state index contributed by atoms with van der Waals surface area (Å²) in [7, 11) is 0. The van der Waals surface area contributed by atoms with Gasteiger partial charge in [0.25, 0.3) is 0 Å². The smallest absolute Gasteiger partial charge is 0.246 e. The molecule has 0 radical (unpaired) electrons. The summed E-state index contributed by atoms with van der Waals surface area (Å²) in [6.45, 7) is 4.82. The highest BCUT2D eigenvalue weighted by Crippen LogP contribution is 2.25. The van der Waals surface area contributed by atoms with Gasteiger partial charge in [0.1, 0.15) is 12.7 Å². The van der Waals surface area contributed by atoms with E-state index in [2.05, 4.69) is 15.5 Å². The van der Waals surface area contributed by atoms with Crippen LogP contribution >= 0.6 is 0 Å². The lowest BCUT2D eigenvalue weighted by molar-refractivity contribution is -0.128. The van der Waals surface area contributed by atoms with Gasteiger partial charge in [-0.15, -0.1) is 0 Å². The first-order valence-corrected chi connectivity index (χ1v) is 11.2. The molecule has 1 saturated heterocycles. The molecule has 0 aromatic heterocycles. The predicted octanol–water partition coefficient (Wildman–Crippen LogP) is 2.90. The van der Waals surface area contributed by atoms with E-state index in [-0.39, 0.29) is 30.6 Å². The van der Waals surface area contributed by atoms with Gasteiger partial charge in [-0.25, -0.2) is 0 Å². The van der Waals surface area contributed by atoms with E-state index in [1.165, 1.54) is 0 Å². The van der Waals surface area contributed by atoms with Crippen LogP contribution in [0.3, 0.4) is 0 Å². The molecule has 1 heterocycles. The number of piperidine rings is 1. The highest BCUT2D eigenvalue weighted by molar-refractivity contribution is 5.78. The van der Waals surface area contributed by atoms with Gasteiger partial charge in [-0.1, -0.05) is 67.6 Å². The first-order chi connectivity index (χ1) is 15.2. The zero-order valence-electron chi connectivity index (χ0n) is 18.3. The average molecular weight is 424 g/mol. The monoisotopic (exact) mass is 423 g/mol. The molecule has 0 bridgehead atoms. The molecule has 31 heavy (non-hydrogen) atoms. The number of rotatable bonds is 10. The number of nitrogens with one attached hydrogen (secondary N) is 2. The number of benzene rings is 2. The van der Waals surface area contributed by atoms with Gasteiger partial charge in [-0.05, 0) is 30.4 Å². The van der Waals surface area contributed by atoms with Crippen LogP contribution in [-0.4, -0.2) is 55.5 Å². The van der Waals surface area contributed by atoms with Crippen molar-refractivity contribution in [2.24, 2.45) is 0 Å². The average Bonchev–Trinajstić information content (AvgIpc) is 2.80. The number of nitrogens with zero attached hydrogens (tertiary/aromatic N) is 1. The maximum Gasteiger partial charge on any atom is 0.246 e. The van der Waals surface area contributed by atoms with E-state index in [0.29, 0.717) is 6.54 Å². The van der Waals surface area contributed by atoms with Gasteiger partial charge < -0.3 is 15.4 Å². The normalized spacial score (nSPS) is 15.0. The van der Waals surface area contributed by atoms with E-state index in [1.54, 1.807) is 0 Å². The highest BCUT2D eigenvalue weighted by Gasteiger charge is 2.23. The van der Waals surface area contributed by atoms with E-state index >= 15 is 0 Å². The Hall–Kier alpha value is -2.70. The third-order valence-electron chi connectivity index (χ3n) is 5.48. The fraction of sp³-hybridized carbons (Fsp3) is 0.440. The van der Waals surface area contributed by atoms with Crippen LogP contribution in [0.15, 0.2) is 60.7 Å². The van der Waals surface area contributed by atoms with Crippen molar-refractivity contribution >= 4 is 11.8 Å². The first kappa shape index (κ1) is 23.0. The molecule has 2 aromatic carbocycles. The van der Waals surface area contributed by atoms with Gasteiger partial charge in [0.05, 0.1) is 6.54 Å². The summed E-state index contributed by atoms with van der Waals surface area (Å²) in [5.41, 5.74) is 2.05. The summed E-state index contributed by atoms with van der Waals surface area (Å²) in [5.74, 6) is -0.0263. The van der Waals surface area contributed by atoms with Crippen LogP contribution < -0.4 is 10.6 Å². The number of amides is 2. The molecule has 0 spiro atoms. The van der Waals surface area contributed by atoms with Crippen LogP contribution in [0.4, 0.5) is 0 Å². The third-order valence-corrected chi connectivity index (χ3v) is 5.48. The Kier molecular flexibility index (Phi) is 9.06. The van der Waals surface area contributed by atoms with Crippen LogP contribution in [0.1, 0.15) is 43.4 Å². The molecule has 6 heteroatoms. The van der Waals surface area contributed by atoms with Crippen molar-refractivity contribution in [3.05, 3.63) is 71.8 Å². The van der Waals surface area contributed by atoms with Gasteiger partial charge >= 0.3 is 0 Å². The van der Waals surface area contributed by atoms with Crippen LogP contribution in [0, 0.1) is 0 Å². The Bertz CT molecular complexity index is 766. The number of likely N-dealkylation sites (tertiary alicyclic amines) is 1. The second-order valence-electron chi connectivity index (χ2n) is 7.98. The highest BCUT2D eigenvalue weighted by atomic mass is 16.5. The molecule has 0 unspecified atom stereocenters. The standard InChI is InChI=1S/C25H33N3O3/c1-2-15-26-23(29)18-28-16-13-22(14-17-28)27-24(30)19-31-25(20-9-5-3-6-10-20)21-11-7-4-8-12-21/h3-12,22,25H,2,13-19H2,1H3,(H,26,29)(H,27,30). The molecule has 166 valence electrons. The van der Waals surface area contributed by atoms with E-state index in [9.17, 15) is 9.59 Å². The summed E-state index contributed by atoms with van der Waals surface area (Å²) < 4.78 is 6.05. The van der Waals surface area contributed by atoms with E-state index in [0.717, 1.165) is 50.0 Å². The van der Waals surface area contributed by atoms with Gasteiger partial charge in [-0.2, -0.15) is 0 Å². The Labute approximate surface area is 185 Å². The van der Waals surface area contributed by atoms with Crippen LogP contribution in [-0.2, 0) is 14.3 Å². The molecule has 1 fully saturated rings. The molecule has 3 rings (SSSR count). The molecule has 2 amide bonds. The van der Waals surface area contributed by atoms with Gasteiger partial charge in [-0.3, -0.25) is 14.5 Å². The van der Waals surface area contributed by atoms with E-state index in [4.69, 9.17) is 4.74 Å². The van der Waals surface area contributed by atoms with Crippen molar-refractivity contribution in [1.82, 2.24) is 15.5 Å². The van der Waals surface area contributed by atoms with Crippen LogP contribution in [0.25, 0.3) is 0 Å². The topological polar surface area (TPSA) is 70.7 Å². The van der Waals surface area contributed by atoms with Crippen LogP contribution in [0.5, 0.6) is 0 Å². The largest absolute Gasteiger partial charge is 0.359 e. The minimum Gasteiger partial charge on any atom is -0.359 e. The lowest BCUT2D eigenvalue weighted by Gasteiger charge is -2.32. The Morgan fingerprint density at radius 2 is 1.55 bits per heavy atom. The molecule has 1 aliphatic rings. The third kappa shape index (κ3) is 7.49. The molecule has 2 N–H and O–H groups in total. The van der Waals surface area contributed by atoms with Crippen molar-refractivity contribution in [2.45, 2.75) is 38.3 Å². The Balaban J connectivity index is 1.45. The van der Waals surface area contributed by atoms with Gasteiger partial charge in [0.15, 0.2) is 0 Å². The maximum absolute atomic E-state index is 12.5. The Morgan fingerprint density at radius 1 is 0.968 bits per heavy atom. The van der Waals surface area contributed by atoms with E-state index in [1.807, 2.05) is 67.6 Å². The van der Waals surface area contributed by atoms with Crippen molar-refractivity contribution < 1.29 is 14.3 Å². The minimum absolute atomic E-state index is 0.00803. The number of carbonyl (C=O) groups is 2. The predicted molar refractivity (Wildman–Crippen MR) is 122 cm³/mol. The molecular formula is C25H33N3O3. The number of hydrogen-bond donors (Lipinski definition) is 2. The summed E-state index contributed by atoms with van der Waals surface area (Å²) in [6.07, 6.45) is 2.34. The summed E-state index contributed by atoms with van der Waals surface area (Å²) in [5, 5.41) is 6.00. The molecule has 0 saturated carbocycles. The molecule has 0 atom stereocenters. The molecular weight excluding hydrogens is 390 g/mol. The van der Waals surface area contributed by atoms with Crippen molar-refractivity contribution in [2.75, 3.05) is 32.8 Å². The van der Waals surface area contributed by atoms with Gasteiger partial charge in [0, 0.05) is 25.7 Å². The van der Waals surface area contributed by atoms with Crippen LogP contribution in [0.2, 0.25) is 0 Å². The Morgan fingerprint density at radius 3 is 2.10 bits per heavy atom. The number of hydrogen-bond acceptors (Lipinski definition) is 4. The summed E-state index contributed by atoms with van der Waals surface area (Å²) in [4.78, 5) is 26.6. The zero-order chi connectivity index (χ0) is 21.9. The maximum atomic E-state index is 12.5. The quantitative estimate of drug-likeness (QED) is 0.617. The van der Waals surface area contributed by atoms with Crippen molar-refractivity contribution in [1.29, 1.82) is 0 Å². The number of carbonyl (C=O) groups excluding carboxylic acids is 2. The summed E-state index contributed by atoms with van der Waals surface area (Å²) in [6, 6.07) is 20.0. The SMILES string of the molecule is CCCNC(=O)CN1CCC(NC(=O)COC(c2ccccc2)c2ccccc2)CC1. The zero-order valence-corrected chi connectivity index (χ0v) is 18.3. The summed E-state index contributed by atoms with van der Waals surface area (Å²) >= 11 is 0. The van der Waals surface area contributed by atoms with E-state index < -0.39 is 0 Å². The molecule has 1 aliphatic heterocycles. The van der Waals surface area contributed by atoms with Gasteiger partial charge in [0.2, 0.25) is 11.8 Å². The lowest BCUT2D eigenvalue weighted by Crippen LogP contribution is -2.48. The molecule has 6 nitrogen and oxygen atoms in total. The second kappa shape index (κ2) is 12.2. The van der Waals surface area contributed by atoms with Crippen molar-refractivity contribution in [3.8, 4) is 0 Å². The fourth-order valence-electron chi connectivity index (χ4n) is 3.83. The minimum atomic E-state index is -0.281. The molecule has 2 aromatic rings. The number of ether oxygens (including phenoxy) is 1. The second-order valence-corrected chi connectivity index (χ2v) is 7.98. The fourth-order valence-corrected chi connectivity index (χ4v) is 3.83.